The van der Waals surface area contributed by atoms with E-state index in [1.165, 1.54) is 67.2 Å². The first-order chi connectivity index (χ1) is 36.7. The molecule has 0 atom stereocenters. The van der Waals surface area contributed by atoms with Gasteiger partial charge < -0.3 is 0 Å². The normalized spacial score (nSPS) is 10.5. The van der Waals surface area contributed by atoms with Gasteiger partial charge in [0.05, 0.1) is 0 Å². The van der Waals surface area contributed by atoms with Gasteiger partial charge in [0, 0.05) is 30.4 Å². The highest BCUT2D eigenvalue weighted by molar-refractivity contribution is 5.93. The standard InChI is InChI=1S/C15H23NO2.2C13H19NO2.C11H15NO2.C10H21NO2/c1-12(2)5-3-6-13-7-4-8-14(11-13)9-10-15(17)16-18;1-10(2)4-3-5-11-6-8-12(9-7-11)13(15)14-16;1-10(2)8-12-5-3-4-11(9-12)6-7-13(15)14-16;1-8(2)7-9-3-5-10(6-4-9)11(13)12-14;1-9(2)7-5-3-4-6-8-10(12)11-13/h4,7-8,11-12,18H,3,5-6,9-10H2,1-2H3,(H,16,17);6-10,16H,3-5H2,1-2H3,(H,14,15);3-5,9-10,16H,6-8H2,1-2H3,(H,14,15);3-6,8,14H,7H2,1-2H3,(H,12,13);9,13H,3-8H2,1-2H3,(H,11,12). The number of nitrogens with one attached hydrogen (secondary N) is 5. The Morgan fingerprint density at radius 3 is 1.08 bits per heavy atom. The number of aryl methyl sites for hydroxylation is 4. The van der Waals surface area contributed by atoms with E-state index in [2.05, 4.69) is 93.5 Å². The lowest BCUT2D eigenvalue weighted by Crippen LogP contribution is -2.18. The molecule has 0 aliphatic carbocycles. The first kappa shape index (κ1) is 71.0. The van der Waals surface area contributed by atoms with Crippen molar-refractivity contribution in [3.05, 3.63) is 142 Å². The molecule has 5 amide bonds. The number of benzene rings is 4. The van der Waals surface area contributed by atoms with E-state index in [1.54, 1.807) is 51.7 Å². The molecule has 0 saturated carbocycles. The van der Waals surface area contributed by atoms with Crippen molar-refractivity contribution < 1.29 is 50.0 Å². The van der Waals surface area contributed by atoms with Crippen molar-refractivity contribution in [1.82, 2.24) is 27.4 Å². The molecule has 4 aromatic rings. The zero-order valence-corrected chi connectivity index (χ0v) is 48.1. The molecule has 77 heavy (non-hydrogen) atoms. The lowest BCUT2D eigenvalue weighted by atomic mass is 9.99. The molecule has 0 fully saturated rings. The Balaban J connectivity index is 0.000000942. The van der Waals surface area contributed by atoms with Gasteiger partial charge in [0.25, 0.3) is 11.8 Å². The van der Waals surface area contributed by atoms with E-state index in [0.717, 1.165) is 67.4 Å². The zero-order chi connectivity index (χ0) is 58.0. The smallest absolute Gasteiger partial charge is 0.274 e. The fourth-order valence-electron chi connectivity index (χ4n) is 7.84. The maximum absolute atomic E-state index is 11.1. The molecule has 0 aliphatic rings. The molecular formula is C62H97N5O10. The summed E-state index contributed by atoms with van der Waals surface area (Å²) in [5.74, 6) is 1.62. The number of hydrogen-bond donors (Lipinski definition) is 10. The Morgan fingerprint density at radius 1 is 0.338 bits per heavy atom. The summed E-state index contributed by atoms with van der Waals surface area (Å²) >= 11 is 0. The van der Waals surface area contributed by atoms with E-state index < -0.39 is 11.8 Å². The van der Waals surface area contributed by atoms with Gasteiger partial charge in [0.2, 0.25) is 17.7 Å². The Hall–Kier alpha value is -5.97. The summed E-state index contributed by atoms with van der Waals surface area (Å²) < 4.78 is 0. The van der Waals surface area contributed by atoms with Crippen LogP contribution in [-0.4, -0.2) is 55.6 Å². The SMILES string of the molecule is CC(C)CCCCCCC(=O)NO.CC(C)CCCc1ccc(C(=O)NO)cc1.CC(C)CCCc1cccc(CCC(=O)NO)c1.CC(C)Cc1ccc(C(=O)NO)cc1.CC(C)Cc1cccc(CCC(=O)NO)c1. The predicted molar refractivity (Wildman–Crippen MR) is 306 cm³/mol. The number of hydroxylamine groups is 5. The van der Waals surface area contributed by atoms with Crippen molar-refractivity contribution in [2.45, 2.75) is 185 Å². The van der Waals surface area contributed by atoms with Crippen LogP contribution < -0.4 is 27.4 Å². The molecule has 4 aromatic carbocycles. The first-order valence-electron chi connectivity index (χ1n) is 27.7. The predicted octanol–water partition coefficient (Wildman–Crippen LogP) is 12.7. The molecule has 15 heteroatoms. The highest BCUT2D eigenvalue weighted by atomic mass is 16.5. The molecule has 0 saturated heterocycles. The molecule has 0 aliphatic heterocycles. The number of rotatable bonds is 27. The van der Waals surface area contributed by atoms with Crippen molar-refractivity contribution in [2.24, 2.45) is 29.6 Å². The minimum atomic E-state index is -0.471. The number of carbonyl (C=O) groups excluding carboxylic acids is 5. The minimum absolute atomic E-state index is 0.274. The number of carbonyl (C=O) groups is 5. The topological polar surface area (TPSA) is 247 Å². The van der Waals surface area contributed by atoms with Gasteiger partial charge in [0.1, 0.15) is 0 Å². The molecule has 15 nitrogen and oxygen atoms in total. The Morgan fingerprint density at radius 2 is 0.675 bits per heavy atom. The van der Waals surface area contributed by atoms with Gasteiger partial charge in [-0.15, -0.1) is 0 Å². The molecule has 0 radical (unpaired) electrons. The highest BCUT2D eigenvalue weighted by Gasteiger charge is 2.07. The second kappa shape index (κ2) is 44.1. The van der Waals surface area contributed by atoms with E-state index in [9.17, 15) is 24.0 Å². The highest BCUT2D eigenvalue weighted by Crippen LogP contribution is 2.16. The molecule has 0 spiro atoms. The van der Waals surface area contributed by atoms with Gasteiger partial charge >= 0.3 is 0 Å². The number of hydrogen-bond acceptors (Lipinski definition) is 10. The lowest BCUT2D eigenvalue weighted by molar-refractivity contribution is -0.129. The van der Waals surface area contributed by atoms with Crippen molar-refractivity contribution in [3.8, 4) is 0 Å². The monoisotopic (exact) mass is 1070 g/mol. The molecular weight excluding hydrogens is 975 g/mol. The summed E-state index contributed by atoms with van der Waals surface area (Å²) in [6.07, 6.45) is 17.1. The van der Waals surface area contributed by atoms with Crippen molar-refractivity contribution in [1.29, 1.82) is 0 Å². The molecule has 10 N–H and O–H groups in total. The molecule has 0 bridgehead atoms. The second-order valence-corrected chi connectivity index (χ2v) is 21.6. The van der Waals surface area contributed by atoms with Crippen LogP contribution in [-0.2, 0) is 52.9 Å². The van der Waals surface area contributed by atoms with Crippen molar-refractivity contribution in [2.75, 3.05) is 0 Å². The lowest BCUT2D eigenvalue weighted by Gasteiger charge is -2.07. The molecule has 0 aromatic heterocycles. The van der Waals surface area contributed by atoms with Gasteiger partial charge in [-0.1, -0.05) is 181 Å². The fraction of sp³-hybridized carbons (Fsp3) is 0.532. The summed E-state index contributed by atoms with van der Waals surface area (Å²) in [6.45, 7) is 22.0. The average Bonchev–Trinajstić information content (AvgIpc) is 3.40. The summed E-state index contributed by atoms with van der Waals surface area (Å²) in [4.78, 5) is 54.5. The quantitative estimate of drug-likeness (QED) is 0.0154. The van der Waals surface area contributed by atoms with E-state index in [0.29, 0.717) is 55.1 Å². The maximum atomic E-state index is 11.1. The van der Waals surface area contributed by atoms with Gasteiger partial charge in [0.15, 0.2) is 0 Å². The first-order valence-corrected chi connectivity index (χ1v) is 27.7. The Bertz CT molecular complexity index is 2200. The van der Waals surface area contributed by atoms with Gasteiger partial charge in [-0.05, 0) is 145 Å². The zero-order valence-electron chi connectivity index (χ0n) is 48.1. The average molecular weight is 1070 g/mol. The van der Waals surface area contributed by atoms with E-state index in [1.807, 2.05) is 48.5 Å². The van der Waals surface area contributed by atoms with Crippen molar-refractivity contribution in [3.63, 3.8) is 0 Å². The molecule has 4 rings (SSSR count). The fourth-order valence-corrected chi connectivity index (χ4v) is 7.84. The van der Waals surface area contributed by atoms with Crippen LogP contribution in [0.15, 0.2) is 97.1 Å². The second-order valence-electron chi connectivity index (χ2n) is 21.6. The maximum Gasteiger partial charge on any atom is 0.274 e. The Kier molecular flexibility index (Phi) is 40.6. The van der Waals surface area contributed by atoms with Crippen LogP contribution >= 0.6 is 0 Å². The van der Waals surface area contributed by atoms with Crippen LogP contribution in [0, 0.1) is 29.6 Å². The Labute approximate surface area is 461 Å². The molecule has 0 heterocycles. The third-order valence-electron chi connectivity index (χ3n) is 12.0. The number of unbranched alkanes of at least 4 members (excludes halogenated alkanes) is 3. The summed E-state index contributed by atoms with van der Waals surface area (Å²) in [7, 11) is 0. The van der Waals surface area contributed by atoms with E-state index >= 15 is 0 Å². The van der Waals surface area contributed by atoms with Gasteiger partial charge in [-0.25, -0.2) is 27.4 Å². The van der Waals surface area contributed by atoms with Crippen LogP contribution in [0.2, 0.25) is 0 Å². The largest absolute Gasteiger partial charge is 0.289 e. The van der Waals surface area contributed by atoms with Crippen LogP contribution in [0.3, 0.4) is 0 Å². The third-order valence-corrected chi connectivity index (χ3v) is 12.0. The van der Waals surface area contributed by atoms with Crippen molar-refractivity contribution >= 4 is 29.5 Å². The van der Waals surface area contributed by atoms with Gasteiger partial charge in [-0.2, -0.15) is 0 Å². The van der Waals surface area contributed by atoms with Crippen LogP contribution in [0.25, 0.3) is 0 Å². The molecule has 430 valence electrons. The number of amides is 5. The molecule has 0 unspecified atom stereocenters. The van der Waals surface area contributed by atoms with Crippen LogP contribution in [0.1, 0.15) is 200 Å². The van der Waals surface area contributed by atoms with Crippen LogP contribution in [0.5, 0.6) is 0 Å². The van der Waals surface area contributed by atoms with E-state index in [4.69, 9.17) is 26.0 Å². The summed E-state index contributed by atoms with van der Waals surface area (Å²) in [5, 5.41) is 41.9. The van der Waals surface area contributed by atoms with Gasteiger partial charge in [-0.3, -0.25) is 50.0 Å². The van der Waals surface area contributed by atoms with Crippen LogP contribution in [0.4, 0.5) is 0 Å². The minimum Gasteiger partial charge on any atom is -0.289 e. The summed E-state index contributed by atoms with van der Waals surface area (Å²) in [5.41, 5.74) is 16.5. The third kappa shape index (κ3) is 39.1. The van der Waals surface area contributed by atoms with E-state index in [-0.39, 0.29) is 17.7 Å². The summed E-state index contributed by atoms with van der Waals surface area (Å²) in [6, 6.07) is 31.2.